The van der Waals surface area contributed by atoms with Gasteiger partial charge in [-0.3, -0.25) is 0 Å². The number of ether oxygens (including phenoxy) is 3. The minimum atomic E-state index is -2.13. The van der Waals surface area contributed by atoms with Gasteiger partial charge in [-0.2, -0.15) is 0 Å². The van der Waals surface area contributed by atoms with Crippen molar-refractivity contribution in [2.45, 2.75) is 100 Å². The summed E-state index contributed by atoms with van der Waals surface area (Å²) in [6.07, 6.45) is -10.1. The molecule has 210 valence electrons. The molecule has 37 heavy (non-hydrogen) atoms. The van der Waals surface area contributed by atoms with Crippen LogP contribution >= 0.6 is 0 Å². The molecule has 7 aliphatic rings. The summed E-state index contributed by atoms with van der Waals surface area (Å²) in [5.74, 6) is -3.74. The third-order valence-electron chi connectivity index (χ3n) is 11.2. The van der Waals surface area contributed by atoms with E-state index in [1.54, 1.807) is 0 Å². The normalized spacial score (nSPS) is 60.2. The topological polar surface area (TPSA) is 190 Å². The molecule has 3 saturated heterocycles. The number of hydrogen-bond donors (Lipinski definition) is 8. The van der Waals surface area contributed by atoms with E-state index < -0.39 is 95.6 Å². The van der Waals surface area contributed by atoms with Crippen molar-refractivity contribution in [2.75, 3.05) is 13.2 Å². The van der Waals surface area contributed by atoms with Gasteiger partial charge >= 0.3 is 0 Å². The Hall–Kier alpha value is -0.700. The lowest BCUT2D eigenvalue weighted by Gasteiger charge is -2.76. The minimum Gasteiger partial charge on any atom is -0.394 e. The molecule has 3 heterocycles. The summed E-state index contributed by atoms with van der Waals surface area (Å²) >= 11 is 0. The highest BCUT2D eigenvalue weighted by Crippen LogP contribution is 2.77. The van der Waals surface area contributed by atoms with Gasteiger partial charge in [0.05, 0.1) is 36.9 Å². The van der Waals surface area contributed by atoms with Crippen molar-refractivity contribution in [3.8, 4) is 0 Å². The van der Waals surface area contributed by atoms with Crippen LogP contribution in [0.1, 0.15) is 39.5 Å². The van der Waals surface area contributed by atoms with Crippen molar-refractivity contribution in [3.05, 3.63) is 12.2 Å². The molecule has 8 N–H and O–H groups in total. The van der Waals surface area contributed by atoms with Gasteiger partial charge in [0, 0.05) is 17.3 Å². The molecule has 11 nitrogen and oxygen atoms in total. The van der Waals surface area contributed by atoms with E-state index >= 15 is 0 Å². The van der Waals surface area contributed by atoms with E-state index in [1.807, 2.05) is 13.8 Å². The van der Waals surface area contributed by atoms with Crippen molar-refractivity contribution in [3.63, 3.8) is 0 Å². The SMILES string of the molecule is C=C1C2CC(OC3OC(CO)C(O)C(O)C3O)C3C45COC(O)(C(O)C4C(C)(C)CCC5O)C3(C2)C1O. The average Bonchev–Trinajstić information content (AvgIpc) is 3.05. The van der Waals surface area contributed by atoms with Crippen molar-refractivity contribution in [1.82, 2.24) is 0 Å². The fourth-order valence-electron chi connectivity index (χ4n) is 9.58. The molecule has 7 fully saturated rings. The van der Waals surface area contributed by atoms with Crippen LogP contribution in [0.15, 0.2) is 12.2 Å². The van der Waals surface area contributed by atoms with Crippen LogP contribution in [0.25, 0.3) is 0 Å². The standard InChI is InChI=1S/C26H40O11/c1-10-11-6-12(36-22-17(31)16(30)15(29)13(8-27)37-22)18-24-9-35-26(34,25(18,7-11)20(10)32)21(33)19(24)23(2,3)5-4-14(24)28/h11-22,27-34H,1,4-9H2,2-3H3. The van der Waals surface area contributed by atoms with E-state index in [0.717, 1.165) is 0 Å². The molecule has 0 aromatic rings. The summed E-state index contributed by atoms with van der Waals surface area (Å²) in [7, 11) is 0. The predicted octanol–water partition coefficient (Wildman–Crippen LogP) is -2.01. The Morgan fingerprint density at radius 1 is 1.03 bits per heavy atom. The van der Waals surface area contributed by atoms with Crippen LogP contribution in [0.3, 0.4) is 0 Å². The average molecular weight is 529 g/mol. The maximum atomic E-state index is 12.1. The van der Waals surface area contributed by atoms with Gasteiger partial charge in [-0.05, 0) is 42.6 Å². The number of fused-ring (bicyclic) bond motifs is 2. The quantitative estimate of drug-likeness (QED) is 0.189. The molecule has 11 heteroatoms. The van der Waals surface area contributed by atoms with Gasteiger partial charge in [0.25, 0.3) is 0 Å². The zero-order valence-electron chi connectivity index (χ0n) is 21.2. The fourth-order valence-corrected chi connectivity index (χ4v) is 9.58. The first-order chi connectivity index (χ1) is 17.3. The van der Waals surface area contributed by atoms with Crippen LogP contribution in [0.4, 0.5) is 0 Å². The smallest absolute Gasteiger partial charge is 0.201 e. The zero-order valence-corrected chi connectivity index (χ0v) is 21.2. The Morgan fingerprint density at radius 2 is 1.73 bits per heavy atom. The van der Waals surface area contributed by atoms with Gasteiger partial charge in [-0.25, -0.2) is 0 Å². The van der Waals surface area contributed by atoms with Crippen LogP contribution < -0.4 is 0 Å². The third kappa shape index (κ3) is 3.00. The highest BCUT2D eigenvalue weighted by Gasteiger charge is 2.85. The molecule has 2 spiro atoms. The number of hydrogen-bond acceptors (Lipinski definition) is 11. The van der Waals surface area contributed by atoms with Gasteiger partial charge < -0.3 is 55.1 Å². The summed E-state index contributed by atoms with van der Waals surface area (Å²) in [5.41, 5.74) is -2.53. The second-order valence-electron chi connectivity index (χ2n) is 13.1. The molecular weight excluding hydrogens is 488 g/mol. The third-order valence-corrected chi connectivity index (χ3v) is 11.2. The van der Waals surface area contributed by atoms with Crippen LogP contribution in [0.5, 0.6) is 0 Å². The maximum absolute atomic E-state index is 12.1. The molecule has 15 unspecified atom stereocenters. The number of aliphatic hydroxyl groups is 8. The Balaban J connectivity index is 1.48. The second-order valence-corrected chi connectivity index (χ2v) is 13.1. The van der Waals surface area contributed by atoms with Crippen molar-refractivity contribution in [2.24, 2.45) is 34.0 Å². The Kier molecular flexibility index (Phi) is 5.86. The van der Waals surface area contributed by atoms with Crippen molar-refractivity contribution in [1.29, 1.82) is 0 Å². The lowest BCUT2D eigenvalue weighted by molar-refractivity contribution is -0.478. The van der Waals surface area contributed by atoms with Gasteiger partial charge in [-0.15, -0.1) is 0 Å². The molecule has 4 aliphatic carbocycles. The number of rotatable bonds is 3. The van der Waals surface area contributed by atoms with E-state index in [4.69, 9.17) is 14.2 Å². The highest BCUT2D eigenvalue weighted by atomic mass is 16.7. The van der Waals surface area contributed by atoms with Crippen LogP contribution in [-0.2, 0) is 14.2 Å². The molecule has 0 radical (unpaired) electrons. The first kappa shape index (κ1) is 26.5. The minimum absolute atomic E-state index is 0.0549. The van der Waals surface area contributed by atoms with E-state index in [-0.39, 0.29) is 18.9 Å². The summed E-state index contributed by atoms with van der Waals surface area (Å²) in [6.45, 7) is 7.42. The van der Waals surface area contributed by atoms with Crippen molar-refractivity contribution >= 4 is 0 Å². The van der Waals surface area contributed by atoms with Gasteiger partial charge in [-0.1, -0.05) is 20.4 Å². The lowest BCUT2D eigenvalue weighted by atomic mass is 9.35. The molecule has 0 amide bonds. The van der Waals surface area contributed by atoms with Crippen LogP contribution in [0.2, 0.25) is 0 Å². The first-order valence-electron chi connectivity index (χ1n) is 13.3. The Bertz CT molecular complexity index is 957. The van der Waals surface area contributed by atoms with Gasteiger partial charge in [0.1, 0.15) is 30.5 Å². The maximum Gasteiger partial charge on any atom is 0.201 e. The Labute approximate surface area is 215 Å². The summed E-state index contributed by atoms with van der Waals surface area (Å²) in [4.78, 5) is 0. The zero-order chi connectivity index (χ0) is 26.9. The summed E-state index contributed by atoms with van der Waals surface area (Å²) in [6, 6.07) is 0. The molecule has 3 aliphatic heterocycles. The largest absolute Gasteiger partial charge is 0.394 e. The molecule has 0 aromatic carbocycles. The molecule has 4 bridgehead atoms. The lowest BCUT2D eigenvalue weighted by Crippen LogP contribution is -2.85. The first-order valence-corrected chi connectivity index (χ1v) is 13.3. The van der Waals surface area contributed by atoms with E-state index in [0.29, 0.717) is 24.8 Å². The van der Waals surface area contributed by atoms with Crippen LogP contribution in [-0.4, -0.2) is 115 Å². The molecule has 15 atom stereocenters. The second kappa shape index (κ2) is 8.17. The molecule has 4 saturated carbocycles. The van der Waals surface area contributed by atoms with Crippen molar-refractivity contribution < 1.29 is 55.1 Å². The van der Waals surface area contributed by atoms with Gasteiger partial charge in [0.15, 0.2) is 6.29 Å². The van der Waals surface area contributed by atoms with Crippen LogP contribution in [0, 0.1) is 34.0 Å². The van der Waals surface area contributed by atoms with E-state index in [1.165, 1.54) is 0 Å². The van der Waals surface area contributed by atoms with Gasteiger partial charge in [0.2, 0.25) is 5.79 Å². The molecule has 0 aromatic heterocycles. The fraction of sp³-hybridized carbons (Fsp3) is 0.923. The number of aliphatic hydroxyl groups excluding tert-OH is 7. The summed E-state index contributed by atoms with van der Waals surface area (Å²) < 4.78 is 18.1. The monoisotopic (exact) mass is 528 g/mol. The highest BCUT2D eigenvalue weighted by molar-refractivity contribution is 5.36. The predicted molar refractivity (Wildman–Crippen MR) is 124 cm³/mol. The van der Waals surface area contributed by atoms with E-state index in [2.05, 4.69) is 6.58 Å². The summed E-state index contributed by atoms with van der Waals surface area (Å²) in [5, 5.41) is 88.0. The Morgan fingerprint density at radius 3 is 2.41 bits per heavy atom. The van der Waals surface area contributed by atoms with E-state index in [9.17, 15) is 40.9 Å². The molecular formula is C26H40O11. The molecule has 7 rings (SSSR count).